The van der Waals surface area contributed by atoms with Gasteiger partial charge in [-0.1, -0.05) is 0 Å². The van der Waals surface area contributed by atoms with Crippen LogP contribution in [0, 0.1) is 0 Å². The van der Waals surface area contributed by atoms with E-state index in [1.165, 1.54) is 6.08 Å². The largest absolute Gasteiger partial charge is 0.414 e. The van der Waals surface area contributed by atoms with Gasteiger partial charge in [-0.15, -0.1) is 0 Å². The molecular weight excluding hydrogens is 150 g/mol. The third kappa shape index (κ3) is 0.988. The number of ether oxygens (including phenoxy) is 2. The van der Waals surface area contributed by atoms with Gasteiger partial charge < -0.3 is 9.47 Å². The van der Waals surface area contributed by atoms with E-state index >= 15 is 0 Å². The van der Waals surface area contributed by atoms with Gasteiger partial charge in [0.25, 0.3) is 0 Å². The van der Waals surface area contributed by atoms with Crippen LogP contribution in [-0.2, 0) is 14.3 Å². The highest BCUT2D eigenvalue weighted by Crippen LogP contribution is 2.16. The van der Waals surface area contributed by atoms with Crippen molar-refractivity contribution < 1.29 is 19.1 Å². The summed E-state index contributed by atoms with van der Waals surface area (Å²) in [4.78, 5) is 21.3. The number of amides is 1. The number of nitrogens with one attached hydrogen (secondary N) is 1. The molecule has 2 aliphatic heterocycles. The molecule has 2 aliphatic rings. The molecule has 0 radical (unpaired) electrons. The molecule has 5 heteroatoms. The van der Waals surface area contributed by atoms with E-state index in [4.69, 9.17) is 4.74 Å². The van der Waals surface area contributed by atoms with E-state index < -0.39 is 12.4 Å². The Morgan fingerprint density at radius 1 is 1.55 bits per heavy atom. The molecule has 1 saturated heterocycles. The van der Waals surface area contributed by atoms with Gasteiger partial charge in [-0.05, 0) is 0 Å². The minimum absolute atomic E-state index is 0.0247. The molecule has 1 unspecified atom stereocenters. The predicted octanol–water partition coefficient (Wildman–Crippen LogP) is -0.465. The highest BCUT2D eigenvalue weighted by Gasteiger charge is 2.33. The van der Waals surface area contributed by atoms with Crippen molar-refractivity contribution in [3.8, 4) is 0 Å². The van der Waals surface area contributed by atoms with Crippen molar-refractivity contribution in [2.45, 2.75) is 6.29 Å². The molecule has 5 nitrogen and oxygen atoms in total. The van der Waals surface area contributed by atoms with Gasteiger partial charge in [0.05, 0.1) is 5.70 Å². The standard InChI is InChI=1S/C6H5NO4/c8-3-1-4-5(10-2-3)11-6(9)7-4/h1,5H,2H2,(H,7,9). The van der Waals surface area contributed by atoms with E-state index in [1.807, 2.05) is 0 Å². The van der Waals surface area contributed by atoms with Crippen molar-refractivity contribution in [3.63, 3.8) is 0 Å². The molecule has 0 aromatic heterocycles. The normalized spacial score (nSPS) is 28.7. The summed E-state index contributed by atoms with van der Waals surface area (Å²) in [7, 11) is 0. The van der Waals surface area contributed by atoms with Gasteiger partial charge in [-0.25, -0.2) is 4.79 Å². The first-order valence-electron chi connectivity index (χ1n) is 3.09. The molecule has 0 bridgehead atoms. The maximum absolute atomic E-state index is 10.7. The van der Waals surface area contributed by atoms with Crippen LogP contribution < -0.4 is 5.32 Å². The summed E-state index contributed by atoms with van der Waals surface area (Å²) in [5, 5.41) is 2.34. The number of hydrogen-bond acceptors (Lipinski definition) is 4. The van der Waals surface area contributed by atoms with Gasteiger partial charge in [0, 0.05) is 6.08 Å². The highest BCUT2D eigenvalue weighted by atomic mass is 16.7. The first-order chi connectivity index (χ1) is 5.25. The Labute approximate surface area is 62.0 Å². The molecule has 1 N–H and O–H groups in total. The molecule has 0 aromatic rings. The van der Waals surface area contributed by atoms with Crippen LogP contribution in [0.3, 0.4) is 0 Å². The van der Waals surface area contributed by atoms with Gasteiger partial charge in [-0.3, -0.25) is 10.1 Å². The monoisotopic (exact) mass is 155 g/mol. The molecule has 11 heavy (non-hydrogen) atoms. The Balaban J connectivity index is 2.27. The molecule has 1 fully saturated rings. The molecule has 1 atom stereocenters. The number of alkyl carbamates (subject to hydrolysis) is 1. The van der Waals surface area contributed by atoms with E-state index in [0.717, 1.165) is 0 Å². The Hall–Kier alpha value is -1.36. The van der Waals surface area contributed by atoms with E-state index in [0.29, 0.717) is 5.70 Å². The smallest absolute Gasteiger partial charge is 0.413 e. The van der Waals surface area contributed by atoms with Crippen LogP contribution in [0.25, 0.3) is 0 Å². The molecule has 2 heterocycles. The summed E-state index contributed by atoms with van der Waals surface area (Å²) in [5.41, 5.74) is 0.395. The van der Waals surface area contributed by atoms with E-state index in [-0.39, 0.29) is 12.4 Å². The van der Waals surface area contributed by atoms with Gasteiger partial charge >= 0.3 is 6.09 Å². The van der Waals surface area contributed by atoms with Crippen molar-refractivity contribution >= 4 is 11.9 Å². The molecule has 0 spiro atoms. The first kappa shape index (κ1) is 6.36. The summed E-state index contributed by atoms with van der Waals surface area (Å²) in [6, 6.07) is 0. The summed E-state index contributed by atoms with van der Waals surface area (Å²) in [6.45, 7) is -0.0247. The minimum atomic E-state index is -0.694. The zero-order chi connectivity index (χ0) is 7.84. The second-order valence-corrected chi connectivity index (χ2v) is 2.24. The fraction of sp³-hybridized carbons (Fsp3) is 0.333. The molecule has 1 amide bonds. The van der Waals surface area contributed by atoms with Crippen molar-refractivity contribution in [2.75, 3.05) is 6.61 Å². The first-order valence-corrected chi connectivity index (χ1v) is 3.09. The van der Waals surface area contributed by atoms with Crippen molar-refractivity contribution in [1.82, 2.24) is 5.32 Å². The summed E-state index contributed by atoms with van der Waals surface area (Å²) >= 11 is 0. The summed E-state index contributed by atoms with van der Waals surface area (Å²) in [5.74, 6) is -0.165. The maximum Gasteiger partial charge on any atom is 0.414 e. The van der Waals surface area contributed by atoms with Crippen LogP contribution >= 0.6 is 0 Å². The fourth-order valence-electron chi connectivity index (χ4n) is 0.968. The van der Waals surface area contributed by atoms with E-state index in [2.05, 4.69) is 10.1 Å². The van der Waals surface area contributed by atoms with E-state index in [1.54, 1.807) is 0 Å². The number of rotatable bonds is 0. The van der Waals surface area contributed by atoms with Crippen LogP contribution in [0.4, 0.5) is 4.79 Å². The van der Waals surface area contributed by atoms with Gasteiger partial charge in [0.15, 0.2) is 5.78 Å². The van der Waals surface area contributed by atoms with Crippen molar-refractivity contribution in [3.05, 3.63) is 11.8 Å². The lowest BCUT2D eigenvalue weighted by atomic mass is 10.2. The lowest BCUT2D eigenvalue weighted by Gasteiger charge is -2.13. The zero-order valence-corrected chi connectivity index (χ0v) is 5.49. The predicted molar refractivity (Wildman–Crippen MR) is 32.4 cm³/mol. The van der Waals surface area contributed by atoms with Crippen LogP contribution in [0.5, 0.6) is 0 Å². The number of carbonyl (C=O) groups is 2. The van der Waals surface area contributed by atoms with Crippen LogP contribution in [-0.4, -0.2) is 24.8 Å². The third-order valence-corrected chi connectivity index (χ3v) is 1.41. The summed E-state index contributed by atoms with van der Waals surface area (Å²) < 4.78 is 9.48. The minimum Gasteiger partial charge on any atom is -0.413 e. The summed E-state index contributed by atoms with van der Waals surface area (Å²) in [6.07, 6.45) is 0.0511. The highest BCUT2D eigenvalue weighted by molar-refractivity contribution is 5.93. The van der Waals surface area contributed by atoms with Gasteiger partial charge in [-0.2, -0.15) is 0 Å². The van der Waals surface area contributed by atoms with Crippen molar-refractivity contribution in [2.24, 2.45) is 0 Å². The molecule has 0 aliphatic carbocycles. The number of ketones is 1. The Kier molecular flexibility index (Phi) is 1.19. The third-order valence-electron chi connectivity index (χ3n) is 1.41. The number of fused-ring (bicyclic) bond motifs is 1. The average Bonchev–Trinajstić information content (AvgIpc) is 2.27. The molecule has 58 valence electrons. The SMILES string of the molecule is O=C1C=C2NC(=O)OC2OC1. The fourth-order valence-corrected chi connectivity index (χ4v) is 0.968. The Morgan fingerprint density at radius 2 is 2.36 bits per heavy atom. The van der Waals surface area contributed by atoms with E-state index in [9.17, 15) is 9.59 Å². The van der Waals surface area contributed by atoms with Crippen LogP contribution in [0.1, 0.15) is 0 Å². The van der Waals surface area contributed by atoms with Gasteiger partial charge in [0.1, 0.15) is 6.61 Å². The zero-order valence-electron chi connectivity index (χ0n) is 5.49. The van der Waals surface area contributed by atoms with Crippen LogP contribution in [0.15, 0.2) is 11.8 Å². The second-order valence-electron chi connectivity index (χ2n) is 2.24. The van der Waals surface area contributed by atoms with Crippen molar-refractivity contribution in [1.29, 1.82) is 0 Å². The lowest BCUT2D eigenvalue weighted by Crippen LogP contribution is -2.25. The second kappa shape index (κ2) is 2.06. The molecular formula is C6H5NO4. The average molecular weight is 155 g/mol. The molecule has 2 rings (SSSR count). The topological polar surface area (TPSA) is 64.6 Å². The van der Waals surface area contributed by atoms with Crippen LogP contribution in [0.2, 0.25) is 0 Å². The Bertz CT molecular complexity index is 257. The molecule has 0 saturated carbocycles. The quantitative estimate of drug-likeness (QED) is 0.513. The lowest BCUT2D eigenvalue weighted by molar-refractivity contribution is -0.130. The molecule has 0 aromatic carbocycles. The Morgan fingerprint density at radius 3 is 3.18 bits per heavy atom. The number of carbonyl (C=O) groups excluding carboxylic acids is 2. The van der Waals surface area contributed by atoms with Gasteiger partial charge in [0.2, 0.25) is 6.29 Å². The number of hydrogen-bond donors (Lipinski definition) is 1. The maximum atomic E-state index is 10.7.